The summed E-state index contributed by atoms with van der Waals surface area (Å²) in [5, 5.41) is 4.86. The quantitative estimate of drug-likeness (QED) is 0.328. The van der Waals surface area contributed by atoms with Crippen LogP contribution in [0.3, 0.4) is 0 Å². The van der Waals surface area contributed by atoms with E-state index in [2.05, 4.69) is 10.3 Å². The third-order valence-electron chi connectivity index (χ3n) is 6.00. The standard InChI is InChI=1S/C21H22ClNO5S.C5H5N/c1-13-2-4-16(29(24,25)26)11-18(13)14-6-8-23-20(10-14)28-12-15-3-5-19(22)17-7-9-27-21(15)17;1-2-4-6-5-3-1/h2-5,7,9,11,14,20,23H,6,8,10,12H2,1H3,(H,24,25,26);1-5H. The van der Waals surface area contributed by atoms with Crippen molar-refractivity contribution in [3.63, 3.8) is 0 Å². The second-order valence-corrected chi connectivity index (χ2v) is 10.2. The number of fused-ring (bicyclic) bond motifs is 1. The van der Waals surface area contributed by atoms with Gasteiger partial charge in [0.15, 0.2) is 0 Å². The second kappa shape index (κ2) is 11.3. The Morgan fingerprint density at radius 2 is 1.97 bits per heavy atom. The van der Waals surface area contributed by atoms with Crippen molar-refractivity contribution in [1.29, 1.82) is 0 Å². The number of aryl methyl sites for hydroxylation is 1. The summed E-state index contributed by atoms with van der Waals surface area (Å²) in [7, 11) is -4.23. The molecule has 2 aromatic carbocycles. The van der Waals surface area contributed by atoms with Crippen molar-refractivity contribution in [1.82, 2.24) is 10.3 Å². The third kappa shape index (κ3) is 6.48. The van der Waals surface area contributed by atoms with Crippen molar-refractivity contribution in [2.24, 2.45) is 0 Å². The topological polar surface area (TPSA) is 102 Å². The Balaban J connectivity index is 0.000000421. The predicted molar refractivity (Wildman–Crippen MR) is 135 cm³/mol. The van der Waals surface area contributed by atoms with E-state index in [1.54, 1.807) is 30.8 Å². The molecule has 35 heavy (non-hydrogen) atoms. The molecule has 1 aliphatic rings. The number of benzene rings is 2. The number of hydrogen-bond acceptors (Lipinski definition) is 6. The lowest BCUT2D eigenvalue weighted by atomic mass is 9.87. The fourth-order valence-electron chi connectivity index (χ4n) is 4.21. The van der Waals surface area contributed by atoms with Crippen molar-refractivity contribution in [2.45, 2.75) is 43.4 Å². The van der Waals surface area contributed by atoms with Crippen LogP contribution in [0.15, 0.2) is 82.6 Å². The fourth-order valence-corrected chi connectivity index (χ4v) is 4.94. The van der Waals surface area contributed by atoms with Crippen LogP contribution < -0.4 is 5.32 Å². The molecule has 2 N–H and O–H groups in total. The summed E-state index contributed by atoms with van der Waals surface area (Å²) in [4.78, 5) is 3.71. The van der Waals surface area contributed by atoms with E-state index in [0.717, 1.165) is 40.6 Å². The van der Waals surface area contributed by atoms with Gasteiger partial charge in [-0.05, 0) is 79.8 Å². The average Bonchev–Trinajstić information content (AvgIpc) is 3.36. The first kappa shape index (κ1) is 25.3. The molecular formula is C26H27ClN2O5S. The van der Waals surface area contributed by atoms with Crippen molar-refractivity contribution in [3.05, 3.63) is 95.0 Å². The number of nitrogens with zero attached hydrogens (tertiary/aromatic N) is 1. The second-order valence-electron chi connectivity index (χ2n) is 8.36. The van der Waals surface area contributed by atoms with Crippen LogP contribution in [-0.4, -0.2) is 30.7 Å². The van der Waals surface area contributed by atoms with Crippen LogP contribution in [0, 0.1) is 6.92 Å². The molecule has 2 atom stereocenters. The molecule has 2 unspecified atom stereocenters. The molecule has 3 heterocycles. The van der Waals surface area contributed by atoms with Gasteiger partial charge in [-0.3, -0.25) is 14.9 Å². The first-order chi connectivity index (χ1) is 16.8. The Hall–Kier alpha value is -2.75. The van der Waals surface area contributed by atoms with Gasteiger partial charge < -0.3 is 9.15 Å². The molecule has 1 saturated heterocycles. The summed E-state index contributed by atoms with van der Waals surface area (Å²) >= 11 is 6.19. The molecule has 7 nitrogen and oxygen atoms in total. The SMILES string of the molecule is Cc1ccc(S(=O)(=O)O)cc1C1CCNC(OCc2ccc(Cl)c3ccoc23)C1.c1ccncc1. The Morgan fingerprint density at radius 3 is 2.66 bits per heavy atom. The number of nitrogens with one attached hydrogen (secondary N) is 1. The van der Waals surface area contributed by atoms with Crippen LogP contribution in [0.5, 0.6) is 0 Å². The highest BCUT2D eigenvalue weighted by Crippen LogP contribution is 2.33. The maximum Gasteiger partial charge on any atom is 0.294 e. The summed E-state index contributed by atoms with van der Waals surface area (Å²) in [5.74, 6) is 0.136. The highest BCUT2D eigenvalue weighted by molar-refractivity contribution is 7.85. The Morgan fingerprint density at radius 1 is 1.17 bits per heavy atom. The zero-order chi connectivity index (χ0) is 24.8. The first-order valence-corrected chi connectivity index (χ1v) is 13.1. The molecule has 0 saturated carbocycles. The van der Waals surface area contributed by atoms with Gasteiger partial charge in [-0.25, -0.2) is 0 Å². The number of pyridine rings is 1. The van der Waals surface area contributed by atoms with E-state index in [9.17, 15) is 13.0 Å². The van der Waals surface area contributed by atoms with Gasteiger partial charge in [0, 0.05) is 23.3 Å². The lowest BCUT2D eigenvalue weighted by Crippen LogP contribution is -2.39. The van der Waals surface area contributed by atoms with E-state index in [-0.39, 0.29) is 17.0 Å². The van der Waals surface area contributed by atoms with Gasteiger partial charge in [0.25, 0.3) is 10.1 Å². The average molecular weight is 515 g/mol. The number of ether oxygens (including phenoxy) is 1. The zero-order valence-electron chi connectivity index (χ0n) is 19.2. The van der Waals surface area contributed by atoms with Crippen molar-refractivity contribution < 1.29 is 22.1 Å². The third-order valence-corrected chi connectivity index (χ3v) is 7.18. The maximum absolute atomic E-state index is 11.5. The van der Waals surface area contributed by atoms with Crippen LogP contribution in [0.1, 0.15) is 35.4 Å². The van der Waals surface area contributed by atoms with E-state index in [0.29, 0.717) is 18.1 Å². The van der Waals surface area contributed by atoms with Crippen molar-refractivity contribution >= 4 is 32.7 Å². The Bertz CT molecular complexity index is 1350. The molecule has 5 rings (SSSR count). The summed E-state index contributed by atoms with van der Waals surface area (Å²) < 4.78 is 44.0. The Labute approximate surface area is 209 Å². The largest absolute Gasteiger partial charge is 0.464 e. The van der Waals surface area contributed by atoms with Crippen molar-refractivity contribution in [3.8, 4) is 0 Å². The summed E-state index contributed by atoms with van der Waals surface area (Å²) in [6.07, 6.45) is 6.49. The molecule has 0 amide bonds. The minimum absolute atomic E-state index is 0.0736. The van der Waals surface area contributed by atoms with Gasteiger partial charge in [0.2, 0.25) is 0 Å². The number of furan rings is 1. The minimum Gasteiger partial charge on any atom is -0.464 e. The molecular weight excluding hydrogens is 488 g/mol. The van der Waals surface area contributed by atoms with E-state index in [1.165, 1.54) is 6.07 Å². The molecule has 0 aliphatic carbocycles. The number of piperidine rings is 1. The monoisotopic (exact) mass is 514 g/mol. The number of hydrogen-bond donors (Lipinski definition) is 2. The molecule has 0 radical (unpaired) electrons. The number of aromatic nitrogens is 1. The van der Waals surface area contributed by atoms with Crippen LogP contribution in [0.25, 0.3) is 11.0 Å². The van der Waals surface area contributed by atoms with Gasteiger partial charge in [0.05, 0.1) is 22.8 Å². The fraction of sp³-hybridized carbons (Fsp3) is 0.269. The normalized spacial score (nSPS) is 18.1. The van der Waals surface area contributed by atoms with E-state index < -0.39 is 10.1 Å². The molecule has 0 spiro atoms. The summed E-state index contributed by atoms with van der Waals surface area (Å²) in [6.45, 7) is 3.07. The molecule has 4 aromatic rings. The Kier molecular flexibility index (Phi) is 8.20. The molecule has 1 fully saturated rings. The van der Waals surface area contributed by atoms with Gasteiger partial charge in [0.1, 0.15) is 11.8 Å². The van der Waals surface area contributed by atoms with Gasteiger partial charge >= 0.3 is 0 Å². The van der Waals surface area contributed by atoms with E-state index >= 15 is 0 Å². The predicted octanol–water partition coefficient (Wildman–Crippen LogP) is 5.73. The van der Waals surface area contributed by atoms with E-state index in [1.807, 2.05) is 43.3 Å². The number of halogens is 1. The summed E-state index contributed by atoms with van der Waals surface area (Å²) in [5.41, 5.74) is 3.57. The molecule has 9 heteroatoms. The minimum atomic E-state index is -4.23. The maximum atomic E-state index is 11.5. The van der Waals surface area contributed by atoms with Crippen LogP contribution in [0.2, 0.25) is 5.02 Å². The lowest BCUT2D eigenvalue weighted by molar-refractivity contribution is -0.00386. The summed E-state index contributed by atoms with van der Waals surface area (Å²) in [6, 6.07) is 16.0. The van der Waals surface area contributed by atoms with Gasteiger partial charge in [-0.15, -0.1) is 0 Å². The van der Waals surface area contributed by atoms with Crippen LogP contribution in [-0.2, 0) is 21.5 Å². The van der Waals surface area contributed by atoms with Crippen LogP contribution in [0.4, 0.5) is 0 Å². The van der Waals surface area contributed by atoms with Gasteiger partial charge in [-0.2, -0.15) is 8.42 Å². The first-order valence-electron chi connectivity index (χ1n) is 11.3. The molecule has 2 aromatic heterocycles. The number of rotatable bonds is 5. The van der Waals surface area contributed by atoms with Crippen molar-refractivity contribution in [2.75, 3.05) is 6.54 Å². The highest BCUT2D eigenvalue weighted by Gasteiger charge is 2.26. The molecule has 184 valence electrons. The molecule has 1 aliphatic heterocycles. The lowest BCUT2D eigenvalue weighted by Gasteiger charge is -2.31. The van der Waals surface area contributed by atoms with Gasteiger partial charge in [-0.1, -0.05) is 29.8 Å². The van der Waals surface area contributed by atoms with E-state index in [4.69, 9.17) is 20.8 Å². The van der Waals surface area contributed by atoms with Crippen LogP contribution >= 0.6 is 11.6 Å². The zero-order valence-corrected chi connectivity index (χ0v) is 20.8. The smallest absolute Gasteiger partial charge is 0.294 e. The highest BCUT2D eigenvalue weighted by atomic mass is 35.5. The molecule has 0 bridgehead atoms.